The molecule has 0 spiro atoms. The molecule has 0 bridgehead atoms. The molecule has 3 saturated heterocycles. The number of pyridine rings is 1. The van der Waals surface area contributed by atoms with Gasteiger partial charge in [0.05, 0.1) is 23.8 Å². The maximum Gasteiger partial charge on any atom is 0.319 e. The van der Waals surface area contributed by atoms with Crippen molar-refractivity contribution in [3.8, 4) is 0 Å². The Morgan fingerprint density at radius 1 is 1.06 bits per heavy atom. The first-order chi connectivity index (χ1) is 16.9. The zero-order chi connectivity index (χ0) is 24.5. The monoisotopic (exact) mass is 484 g/mol. The van der Waals surface area contributed by atoms with Gasteiger partial charge in [-0.05, 0) is 43.5 Å². The zero-order valence-corrected chi connectivity index (χ0v) is 19.0. The fourth-order valence-electron chi connectivity index (χ4n) is 4.78. The minimum absolute atomic E-state index is 0.0389. The third-order valence-corrected chi connectivity index (χ3v) is 6.67. The number of benzene rings is 1. The SMILES string of the molecule is O=C1CCC(c2c(F)cc(N3CC(NC(=O)Nc4ccc(N5CCCC5)nc4)C3)cc2F)C(=O)N1. The average molecular weight is 485 g/mol. The fourth-order valence-corrected chi connectivity index (χ4v) is 4.78. The summed E-state index contributed by atoms with van der Waals surface area (Å²) in [6.45, 7) is 2.75. The molecule has 3 aliphatic rings. The lowest BCUT2D eigenvalue weighted by atomic mass is 9.89. The van der Waals surface area contributed by atoms with E-state index in [-0.39, 0.29) is 30.5 Å². The van der Waals surface area contributed by atoms with E-state index in [4.69, 9.17) is 0 Å². The van der Waals surface area contributed by atoms with Crippen molar-refractivity contribution in [1.29, 1.82) is 0 Å². The Morgan fingerprint density at radius 3 is 2.40 bits per heavy atom. The number of carbonyl (C=O) groups is 3. The van der Waals surface area contributed by atoms with Crippen molar-refractivity contribution in [1.82, 2.24) is 15.6 Å². The number of nitrogens with one attached hydrogen (secondary N) is 3. The van der Waals surface area contributed by atoms with Gasteiger partial charge in [-0.3, -0.25) is 14.9 Å². The number of aromatic nitrogens is 1. The van der Waals surface area contributed by atoms with Crippen molar-refractivity contribution in [2.24, 2.45) is 0 Å². The van der Waals surface area contributed by atoms with Crippen molar-refractivity contribution < 1.29 is 23.2 Å². The Kier molecular flexibility index (Phi) is 6.23. The molecule has 0 radical (unpaired) electrons. The van der Waals surface area contributed by atoms with E-state index in [1.54, 1.807) is 11.1 Å². The van der Waals surface area contributed by atoms with Gasteiger partial charge in [-0.15, -0.1) is 0 Å². The second-order valence-corrected chi connectivity index (χ2v) is 9.13. The maximum absolute atomic E-state index is 14.7. The molecule has 35 heavy (non-hydrogen) atoms. The number of amides is 4. The predicted octanol–water partition coefficient (Wildman–Crippen LogP) is 2.49. The van der Waals surface area contributed by atoms with Crippen LogP contribution in [-0.4, -0.2) is 55.1 Å². The molecule has 11 heteroatoms. The minimum atomic E-state index is -1.03. The molecule has 9 nitrogen and oxygen atoms in total. The molecule has 3 aliphatic heterocycles. The van der Waals surface area contributed by atoms with Crippen molar-refractivity contribution in [3.63, 3.8) is 0 Å². The van der Waals surface area contributed by atoms with Crippen LogP contribution in [0.1, 0.15) is 37.2 Å². The molecule has 0 aliphatic carbocycles. The van der Waals surface area contributed by atoms with Gasteiger partial charge in [0.25, 0.3) is 0 Å². The zero-order valence-electron chi connectivity index (χ0n) is 19.0. The molecule has 184 valence electrons. The quantitative estimate of drug-likeness (QED) is 0.563. The highest BCUT2D eigenvalue weighted by molar-refractivity contribution is 6.01. The number of carbonyl (C=O) groups excluding carboxylic acids is 3. The fraction of sp³-hybridized carbons (Fsp3) is 0.417. The van der Waals surface area contributed by atoms with Crippen LogP contribution in [0, 0.1) is 11.6 Å². The highest BCUT2D eigenvalue weighted by Gasteiger charge is 2.34. The Labute approximate surface area is 200 Å². The molecular formula is C24H26F2N6O3. The standard InChI is InChI=1S/C24H26F2N6O3/c25-18-9-16(10-19(26)22(18)17-4-6-21(33)30-23(17)34)32-12-15(13-32)29-24(35)28-14-3-5-20(27-11-14)31-7-1-2-8-31/h3,5,9-11,15,17H,1-2,4,6-8,12-13H2,(H2,28,29,35)(H,30,33,34). The van der Waals surface area contributed by atoms with Crippen molar-refractivity contribution in [2.45, 2.75) is 37.6 Å². The molecule has 3 fully saturated rings. The largest absolute Gasteiger partial charge is 0.367 e. The molecule has 5 rings (SSSR count). The summed E-state index contributed by atoms with van der Waals surface area (Å²) >= 11 is 0. The number of rotatable bonds is 5. The van der Waals surface area contributed by atoms with Gasteiger partial charge in [-0.1, -0.05) is 0 Å². The van der Waals surface area contributed by atoms with Gasteiger partial charge < -0.3 is 20.4 Å². The van der Waals surface area contributed by atoms with E-state index in [9.17, 15) is 23.2 Å². The molecule has 3 N–H and O–H groups in total. The number of anilines is 3. The number of imide groups is 1. The van der Waals surface area contributed by atoms with Gasteiger partial charge >= 0.3 is 6.03 Å². The maximum atomic E-state index is 14.7. The summed E-state index contributed by atoms with van der Waals surface area (Å²) < 4.78 is 29.5. The van der Waals surface area contributed by atoms with Gasteiger partial charge in [0.2, 0.25) is 11.8 Å². The number of halogens is 2. The Morgan fingerprint density at radius 2 is 1.77 bits per heavy atom. The summed E-state index contributed by atoms with van der Waals surface area (Å²) in [5.41, 5.74) is 0.587. The van der Waals surface area contributed by atoms with Gasteiger partial charge in [-0.25, -0.2) is 18.6 Å². The first-order valence-electron chi connectivity index (χ1n) is 11.7. The molecule has 1 aromatic carbocycles. The third kappa shape index (κ3) is 4.89. The molecule has 1 aromatic heterocycles. The molecule has 2 aromatic rings. The Balaban J connectivity index is 1.14. The topological polar surface area (TPSA) is 107 Å². The van der Waals surface area contributed by atoms with Crippen LogP contribution >= 0.6 is 0 Å². The minimum Gasteiger partial charge on any atom is -0.367 e. The highest BCUT2D eigenvalue weighted by Crippen LogP contribution is 2.33. The van der Waals surface area contributed by atoms with Crippen molar-refractivity contribution >= 4 is 35.0 Å². The highest BCUT2D eigenvalue weighted by atomic mass is 19.1. The van der Waals surface area contributed by atoms with Crippen LogP contribution in [0.3, 0.4) is 0 Å². The molecule has 4 heterocycles. The van der Waals surface area contributed by atoms with Gasteiger partial charge in [-0.2, -0.15) is 0 Å². The summed E-state index contributed by atoms with van der Waals surface area (Å²) in [6.07, 6.45) is 4.05. The van der Waals surface area contributed by atoms with Crippen LogP contribution in [-0.2, 0) is 9.59 Å². The summed E-state index contributed by atoms with van der Waals surface area (Å²) in [5, 5.41) is 7.71. The summed E-state index contributed by atoms with van der Waals surface area (Å²) in [5.74, 6) is -2.92. The smallest absolute Gasteiger partial charge is 0.319 e. The molecule has 0 saturated carbocycles. The number of nitrogens with zero attached hydrogens (tertiary/aromatic N) is 3. The average Bonchev–Trinajstić information content (AvgIpc) is 3.32. The summed E-state index contributed by atoms with van der Waals surface area (Å²) in [4.78, 5) is 44.0. The van der Waals surface area contributed by atoms with E-state index < -0.39 is 29.4 Å². The number of hydrogen-bond donors (Lipinski definition) is 3. The van der Waals surface area contributed by atoms with Crippen molar-refractivity contribution in [3.05, 3.63) is 47.7 Å². The van der Waals surface area contributed by atoms with Gasteiger partial charge in [0, 0.05) is 43.9 Å². The molecule has 4 amide bonds. The van der Waals surface area contributed by atoms with Crippen LogP contribution in [0.4, 0.5) is 30.8 Å². The van der Waals surface area contributed by atoms with E-state index in [2.05, 4.69) is 25.8 Å². The van der Waals surface area contributed by atoms with Gasteiger partial charge in [0.15, 0.2) is 0 Å². The number of urea groups is 1. The molecule has 1 atom stereocenters. The lowest BCUT2D eigenvalue weighted by molar-refractivity contribution is -0.134. The number of hydrogen-bond acceptors (Lipinski definition) is 6. The van der Waals surface area contributed by atoms with Crippen LogP contribution in [0.15, 0.2) is 30.5 Å². The number of piperidine rings is 1. The summed E-state index contributed by atoms with van der Waals surface area (Å²) in [7, 11) is 0. The van der Waals surface area contributed by atoms with Gasteiger partial charge in [0.1, 0.15) is 17.5 Å². The van der Waals surface area contributed by atoms with Crippen LogP contribution in [0.25, 0.3) is 0 Å². The Hall–Kier alpha value is -3.76. The lowest BCUT2D eigenvalue weighted by Gasteiger charge is -2.41. The summed E-state index contributed by atoms with van der Waals surface area (Å²) in [6, 6.07) is 5.50. The normalized spacial score (nSPS) is 20.5. The first-order valence-corrected chi connectivity index (χ1v) is 11.7. The van der Waals surface area contributed by atoms with E-state index in [0.717, 1.165) is 31.7 Å². The molecule has 1 unspecified atom stereocenters. The second kappa shape index (κ2) is 9.47. The Bertz CT molecular complexity index is 1120. The van der Waals surface area contributed by atoms with Crippen LogP contribution < -0.4 is 25.8 Å². The van der Waals surface area contributed by atoms with Crippen LogP contribution in [0.5, 0.6) is 0 Å². The lowest BCUT2D eigenvalue weighted by Crippen LogP contribution is -2.60. The van der Waals surface area contributed by atoms with Crippen molar-refractivity contribution in [2.75, 3.05) is 41.3 Å². The predicted molar refractivity (Wildman–Crippen MR) is 125 cm³/mol. The van der Waals surface area contributed by atoms with E-state index in [1.807, 2.05) is 12.1 Å². The van der Waals surface area contributed by atoms with Crippen LogP contribution in [0.2, 0.25) is 0 Å². The second-order valence-electron chi connectivity index (χ2n) is 9.13. The van der Waals surface area contributed by atoms with E-state index >= 15 is 0 Å². The van der Waals surface area contributed by atoms with E-state index in [1.165, 1.54) is 12.1 Å². The third-order valence-electron chi connectivity index (χ3n) is 6.67. The van der Waals surface area contributed by atoms with E-state index in [0.29, 0.717) is 24.5 Å². The first kappa shape index (κ1) is 23.0. The molecular weight excluding hydrogens is 458 g/mol.